The van der Waals surface area contributed by atoms with E-state index in [2.05, 4.69) is 4.83 Å². The van der Waals surface area contributed by atoms with E-state index in [0.717, 1.165) is 5.56 Å². The first kappa shape index (κ1) is 15.6. The van der Waals surface area contributed by atoms with E-state index in [1.165, 1.54) is 12.1 Å². The topological polar surface area (TPSA) is 86.7 Å². The van der Waals surface area contributed by atoms with E-state index in [-0.39, 0.29) is 10.6 Å². The van der Waals surface area contributed by atoms with E-state index in [9.17, 15) is 17.2 Å². The minimum Gasteiger partial charge on any atom is -0.288 e. The fraction of sp³-hybridized carbons (Fsp3) is 0.0769. The minimum atomic E-state index is -3.94. The van der Waals surface area contributed by atoms with Gasteiger partial charge in [0, 0.05) is 0 Å². The third-order valence-corrected chi connectivity index (χ3v) is 4.73. The van der Waals surface area contributed by atoms with Crippen LogP contribution in [0.1, 0.15) is 5.56 Å². The highest BCUT2D eigenvalue weighted by molar-refractivity contribution is 7.90. The second-order valence-electron chi connectivity index (χ2n) is 4.27. The van der Waals surface area contributed by atoms with E-state index < -0.39 is 21.3 Å². The number of sulfonamides is 1. The number of hydrogen-bond donors (Lipinski definition) is 2. The number of nitrogens with zero attached hydrogens (tertiary/aromatic N) is 1. The number of nitrogens with one attached hydrogen (secondary N) is 1. The van der Waals surface area contributed by atoms with Gasteiger partial charge in [0.2, 0.25) is 0 Å². The smallest absolute Gasteiger partial charge is 0.277 e. The summed E-state index contributed by atoms with van der Waals surface area (Å²) in [6.45, 7) is 1.86. The Hall–Kier alpha value is -1.74. The minimum absolute atomic E-state index is 0.00700. The molecule has 0 amide bonds. The van der Waals surface area contributed by atoms with Crippen molar-refractivity contribution < 1.29 is 17.2 Å². The molecule has 2 aromatic rings. The molecule has 0 saturated heterocycles. The molecule has 0 saturated carbocycles. The second-order valence-corrected chi connectivity index (χ2v) is 6.76. The predicted octanol–water partition coefficient (Wildman–Crippen LogP) is 1.83. The Bertz CT molecular complexity index is 731. The molecule has 21 heavy (non-hydrogen) atoms. The van der Waals surface area contributed by atoms with Crippen LogP contribution in [0.3, 0.4) is 0 Å². The van der Waals surface area contributed by atoms with Crippen LogP contribution >= 0.6 is 0 Å². The van der Waals surface area contributed by atoms with Crippen molar-refractivity contribution in [2.24, 2.45) is 0 Å². The number of hydrazine groups is 1. The monoisotopic (exact) mass is 326 g/mol. The Kier molecular flexibility index (Phi) is 4.73. The number of benzene rings is 2. The standard InChI is InChI=1S/C13H14N2O4S2/c1-11-7-9-12(10-8-11)15(20(16)17)14-21(18,19)13-5-3-2-4-6-13/h2-10,14H,1H3,(H,16,17). The average molecular weight is 326 g/mol. The molecule has 0 spiro atoms. The molecule has 0 heterocycles. The fourth-order valence-electron chi connectivity index (χ4n) is 1.62. The van der Waals surface area contributed by atoms with Crippen LogP contribution in [0, 0.1) is 6.92 Å². The largest absolute Gasteiger partial charge is 0.288 e. The molecule has 0 fully saturated rings. The molecule has 112 valence electrons. The molecule has 2 N–H and O–H groups in total. The van der Waals surface area contributed by atoms with Gasteiger partial charge >= 0.3 is 0 Å². The van der Waals surface area contributed by atoms with Crippen molar-refractivity contribution >= 4 is 27.0 Å². The van der Waals surface area contributed by atoms with Crippen molar-refractivity contribution in [3.05, 3.63) is 60.2 Å². The van der Waals surface area contributed by atoms with Crippen LogP contribution in [0.25, 0.3) is 0 Å². The van der Waals surface area contributed by atoms with Gasteiger partial charge in [0.1, 0.15) is 0 Å². The molecule has 8 heteroatoms. The zero-order valence-electron chi connectivity index (χ0n) is 11.1. The van der Waals surface area contributed by atoms with Gasteiger partial charge in [-0.1, -0.05) is 35.9 Å². The summed E-state index contributed by atoms with van der Waals surface area (Å²) >= 11 is -2.54. The first-order valence-electron chi connectivity index (χ1n) is 5.95. The van der Waals surface area contributed by atoms with Crippen LogP contribution < -0.4 is 9.25 Å². The summed E-state index contributed by atoms with van der Waals surface area (Å²) in [7, 11) is -3.94. The van der Waals surface area contributed by atoms with Crippen LogP contribution in [0.4, 0.5) is 5.69 Å². The van der Waals surface area contributed by atoms with Crippen LogP contribution in [0.2, 0.25) is 0 Å². The fourth-order valence-corrected chi connectivity index (χ4v) is 3.41. The summed E-state index contributed by atoms with van der Waals surface area (Å²) in [5, 5.41) is 0. The molecule has 1 atom stereocenters. The summed E-state index contributed by atoms with van der Waals surface area (Å²) in [5.74, 6) is 0. The summed E-state index contributed by atoms with van der Waals surface area (Å²) < 4.78 is 45.8. The lowest BCUT2D eigenvalue weighted by atomic mass is 10.2. The maximum Gasteiger partial charge on any atom is 0.277 e. The molecule has 1 unspecified atom stereocenters. The van der Waals surface area contributed by atoms with Gasteiger partial charge in [-0.05, 0) is 31.2 Å². The molecule has 6 nitrogen and oxygen atoms in total. The van der Waals surface area contributed by atoms with Gasteiger partial charge in [0.25, 0.3) is 21.3 Å². The van der Waals surface area contributed by atoms with E-state index in [0.29, 0.717) is 4.41 Å². The normalized spacial score (nSPS) is 12.9. The molecular formula is C13H14N2O4S2. The van der Waals surface area contributed by atoms with Crippen molar-refractivity contribution in [3.63, 3.8) is 0 Å². The Morgan fingerprint density at radius 2 is 1.62 bits per heavy atom. The molecule has 0 aliphatic heterocycles. The van der Waals surface area contributed by atoms with Gasteiger partial charge in [0.05, 0.1) is 10.6 Å². The third kappa shape index (κ3) is 3.88. The lowest BCUT2D eigenvalue weighted by molar-refractivity contribution is 0.549. The Balaban J connectivity index is 2.33. The van der Waals surface area contributed by atoms with Crippen molar-refractivity contribution in [1.29, 1.82) is 0 Å². The highest BCUT2D eigenvalue weighted by Crippen LogP contribution is 2.17. The molecule has 0 bridgehead atoms. The average Bonchev–Trinajstić information content (AvgIpc) is 2.47. The lowest BCUT2D eigenvalue weighted by Gasteiger charge is -2.20. The zero-order valence-corrected chi connectivity index (χ0v) is 12.8. The SMILES string of the molecule is Cc1ccc(N(NS(=O)(=O)c2ccccc2)S(=O)O)cc1. The quantitative estimate of drug-likeness (QED) is 0.648. The van der Waals surface area contributed by atoms with Gasteiger partial charge in [-0.25, -0.2) is 12.6 Å². The summed E-state index contributed by atoms with van der Waals surface area (Å²) in [5.41, 5.74) is 1.22. The molecule has 0 aliphatic carbocycles. The van der Waals surface area contributed by atoms with Crippen molar-refractivity contribution in [2.75, 3.05) is 4.41 Å². The molecule has 0 aromatic heterocycles. The first-order valence-corrected chi connectivity index (χ1v) is 8.50. The number of rotatable bonds is 5. The molecule has 2 aromatic carbocycles. The van der Waals surface area contributed by atoms with Crippen molar-refractivity contribution in [3.8, 4) is 0 Å². The molecule has 2 rings (SSSR count). The van der Waals surface area contributed by atoms with E-state index in [4.69, 9.17) is 0 Å². The zero-order chi connectivity index (χ0) is 15.5. The van der Waals surface area contributed by atoms with Crippen LogP contribution in [-0.4, -0.2) is 17.2 Å². The van der Waals surface area contributed by atoms with Gasteiger partial charge in [0.15, 0.2) is 0 Å². The van der Waals surface area contributed by atoms with Gasteiger partial charge in [-0.3, -0.25) is 4.55 Å². The number of aryl methyl sites for hydroxylation is 1. The van der Waals surface area contributed by atoms with Crippen LogP contribution in [-0.2, 0) is 21.3 Å². The van der Waals surface area contributed by atoms with Crippen LogP contribution in [0.5, 0.6) is 0 Å². The number of hydrogen-bond acceptors (Lipinski definition) is 3. The third-order valence-electron chi connectivity index (χ3n) is 2.68. The summed E-state index contributed by atoms with van der Waals surface area (Å²) in [6.07, 6.45) is 0. The van der Waals surface area contributed by atoms with Gasteiger partial charge in [-0.15, -0.1) is 4.83 Å². The van der Waals surface area contributed by atoms with Crippen LogP contribution in [0.15, 0.2) is 59.5 Å². The van der Waals surface area contributed by atoms with Crippen molar-refractivity contribution in [2.45, 2.75) is 11.8 Å². The first-order chi connectivity index (χ1) is 9.90. The van der Waals surface area contributed by atoms with E-state index >= 15 is 0 Å². The predicted molar refractivity (Wildman–Crippen MR) is 81.2 cm³/mol. The maximum absolute atomic E-state index is 12.2. The lowest BCUT2D eigenvalue weighted by Crippen LogP contribution is -2.43. The molecular weight excluding hydrogens is 312 g/mol. The van der Waals surface area contributed by atoms with E-state index in [1.54, 1.807) is 42.5 Å². The number of anilines is 1. The second kappa shape index (κ2) is 6.35. The highest BCUT2D eigenvalue weighted by atomic mass is 32.2. The Morgan fingerprint density at radius 1 is 1.05 bits per heavy atom. The Labute approximate surface area is 125 Å². The van der Waals surface area contributed by atoms with Gasteiger partial charge in [-0.2, -0.15) is 4.41 Å². The highest BCUT2D eigenvalue weighted by Gasteiger charge is 2.22. The van der Waals surface area contributed by atoms with E-state index in [1.807, 2.05) is 6.92 Å². The van der Waals surface area contributed by atoms with Gasteiger partial charge < -0.3 is 0 Å². The summed E-state index contributed by atoms with van der Waals surface area (Å²) in [6, 6.07) is 14.2. The summed E-state index contributed by atoms with van der Waals surface area (Å²) in [4.78, 5) is 2.11. The molecule has 0 radical (unpaired) electrons. The Morgan fingerprint density at radius 3 is 2.14 bits per heavy atom. The van der Waals surface area contributed by atoms with Crippen molar-refractivity contribution in [1.82, 2.24) is 4.83 Å². The maximum atomic E-state index is 12.2. The molecule has 0 aliphatic rings.